The number of fused-ring (bicyclic) bond motifs is 1. The molecular weight excluding hydrogens is 262 g/mol. The van der Waals surface area contributed by atoms with E-state index in [4.69, 9.17) is 9.15 Å². The average Bonchev–Trinajstić information content (AvgIpc) is 2.96. The van der Waals surface area contributed by atoms with E-state index in [9.17, 15) is 0 Å². The Balaban J connectivity index is 1.88. The topological polar surface area (TPSA) is 34.4 Å². The zero-order valence-corrected chi connectivity index (χ0v) is 13.2. The van der Waals surface area contributed by atoms with Gasteiger partial charge in [0.2, 0.25) is 0 Å². The Labute approximate surface area is 126 Å². The molecule has 3 nitrogen and oxygen atoms in total. The third-order valence-electron chi connectivity index (χ3n) is 3.79. The van der Waals surface area contributed by atoms with Gasteiger partial charge >= 0.3 is 0 Å². The number of nitrogens with one attached hydrogen (secondary N) is 1. The molecule has 0 spiro atoms. The van der Waals surface area contributed by atoms with Gasteiger partial charge in [0.25, 0.3) is 0 Å². The molecule has 1 aliphatic rings. The molecule has 3 heteroatoms. The lowest BCUT2D eigenvalue weighted by Gasteiger charge is -2.16. The van der Waals surface area contributed by atoms with Crippen molar-refractivity contribution in [2.24, 2.45) is 0 Å². The summed E-state index contributed by atoms with van der Waals surface area (Å²) in [6, 6.07) is 8.90. The van der Waals surface area contributed by atoms with Crippen molar-refractivity contribution in [1.82, 2.24) is 5.32 Å². The average molecular weight is 285 g/mol. The highest BCUT2D eigenvalue weighted by Crippen LogP contribution is 2.38. The van der Waals surface area contributed by atoms with E-state index in [0.717, 1.165) is 30.0 Å². The van der Waals surface area contributed by atoms with Crippen LogP contribution in [-0.2, 0) is 13.0 Å². The van der Waals surface area contributed by atoms with Gasteiger partial charge in [0.1, 0.15) is 17.1 Å². The predicted molar refractivity (Wildman–Crippen MR) is 84.5 cm³/mol. The van der Waals surface area contributed by atoms with Crippen molar-refractivity contribution in [2.45, 2.75) is 52.3 Å². The highest BCUT2D eigenvalue weighted by Gasteiger charge is 2.30. The molecule has 21 heavy (non-hydrogen) atoms. The summed E-state index contributed by atoms with van der Waals surface area (Å²) >= 11 is 0. The lowest BCUT2D eigenvalue weighted by Crippen LogP contribution is -2.24. The van der Waals surface area contributed by atoms with Crippen LogP contribution in [0.2, 0.25) is 0 Å². The van der Waals surface area contributed by atoms with Crippen LogP contribution in [0.4, 0.5) is 0 Å². The van der Waals surface area contributed by atoms with E-state index in [2.05, 4.69) is 51.2 Å². The quantitative estimate of drug-likeness (QED) is 0.916. The van der Waals surface area contributed by atoms with E-state index in [1.807, 2.05) is 6.07 Å². The van der Waals surface area contributed by atoms with Gasteiger partial charge in [-0.3, -0.25) is 0 Å². The first-order valence-corrected chi connectivity index (χ1v) is 7.57. The number of benzene rings is 1. The van der Waals surface area contributed by atoms with E-state index in [1.54, 1.807) is 6.26 Å². The summed E-state index contributed by atoms with van der Waals surface area (Å²) in [5, 5.41) is 3.41. The first kappa shape index (κ1) is 14.2. The molecule has 2 aromatic rings. The molecule has 3 rings (SSSR count). The van der Waals surface area contributed by atoms with Crippen molar-refractivity contribution in [1.29, 1.82) is 0 Å². The Bertz CT molecular complexity index is 640. The van der Waals surface area contributed by atoms with Crippen LogP contribution < -0.4 is 10.1 Å². The van der Waals surface area contributed by atoms with Crippen molar-refractivity contribution in [3.63, 3.8) is 0 Å². The highest BCUT2D eigenvalue weighted by atomic mass is 16.5. The smallest absolute Gasteiger partial charge is 0.125 e. The van der Waals surface area contributed by atoms with E-state index in [0.29, 0.717) is 6.04 Å². The van der Waals surface area contributed by atoms with Crippen LogP contribution in [0.15, 0.2) is 34.9 Å². The van der Waals surface area contributed by atoms with Gasteiger partial charge in [-0.05, 0) is 43.2 Å². The summed E-state index contributed by atoms with van der Waals surface area (Å²) in [5.74, 6) is 2.00. The first-order chi connectivity index (χ1) is 9.94. The Morgan fingerprint density at radius 1 is 1.24 bits per heavy atom. The van der Waals surface area contributed by atoms with Crippen LogP contribution in [0.3, 0.4) is 0 Å². The van der Waals surface area contributed by atoms with Gasteiger partial charge in [-0.2, -0.15) is 0 Å². The largest absolute Gasteiger partial charge is 0.487 e. The maximum Gasteiger partial charge on any atom is 0.125 e. The fraction of sp³-hybridized carbons (Fsp3) is 0.444. The van der Waals surface area contributed by atoms with Crippen LogP contribution in [0.25, 0.3) is 11.1 Å². The third kappa shape index (κ3) is 2.98. The molecular formula is C18H23NO2. The predicted octanol–water partition coefficient (Wildman–Crippen LogP) is 4.16. The summed E-state index contributed by atoms with van der Waals surface area (Å²) in [6.45, 7) is 9.28. The fourth-order valence-corrected chi connectivity index (χ4v) is 2.81. The van der Waals surface area contributed by atoms with Gasteiger partial charge in [-0.1, -0.05) is 19.9 Å². The molecule has 0 bridgehead atoms. The first-order valence-electron chi connectivity index (χ1n) is 7.57. The Kier molecular flexibility index (Phi) is 3.54. The second-order valence-electron chi connectivity index (χ2n) is 6.65. The van der Waals surface area contributed by atoms with Crippen LogP contribution in [0.5, 0.6) is 5.75 Å². The summed E-state index contributed by atoms with van der Waals surface area (Å²) in [5.41, 5.74) is 3.54. The lowest BCUT2D eigenvalue weighted by atomic mass is 9.98. The van der Waals surface area contributed by atoms with Crippen molar-refractivity contribution in [3.05, 3.63) is 41.9 Å². The van der Waals surface area contributed by atoms with E-state index < -0.39 is 0 Å². The molecule has 1 aliphatic heterocycles. The molecule has 1 N–H and O–H groups in total. The normalized spacial score (nSPS) is 16.0. The minimum absolute atomic E-state index is 0.0978. The van der Waals surface area contributed by atoms with Crippen LogP contribution in [0, 0.1) is 0 Å². The molecule has 0 unspecified atom stereocenters. The zero-order valence-electron chi connectivity index (χ0n) is 13.2. The Morgan fingerprint density at radius 3 is 2.81 bits per heavy atom. The molecule has 0 radical (unpaired) electrons. The maximum atomic E-state index is 5.94. The monoisotopic (exact) mass is 285 g/mol. The SMILES string of the molecule is CC(C)NCc1occc1-c1ccc2c(c1)CC(C)(C)O2. The van der Waals surface area contributed by atoms with E-state index >= 15 is 0 Å². The number of rotatable bonds is 4. The van der Waals surface area contributed by atoms with Gasteiger partial charge in [0.05, 0.1) is 12.8 Å². The minimum atomic E-state index is -0.0978. The lowest BCUT2D eigenvalue weighted by molar-refractivity contribution is 0.138. The third-order valence-corrected chi connectivity index (χ3v) is 3.79. The molecule has 0 amide bonds. The summed E-state index contributed by atoms with van der Waals surface area (Å²) in [7, 11) is 0. The molecule has 0 fully saturated rings. The number of furan rings is 1. The number of ether oxygens (including phenoxy) is 1. The van der Waals surface area contributed by atoms with Crippen molar-refractivity contribution in [3.8, 4) is 16.9 Å². The van der Waals surface area contributed by atoms with Gasteiger partial charge in [-0.25, -0.2) is 0 Å². The van der Waals surface area contributed by atoms with Gasteiger partial charge in [0, 0.05) is 18.0 Å². The Hall–Kier alpha value is -1.74. The second kappa shape index (κ2) is 5.23. The van der Waals surface area contributed by atoms with Crippen LogP contribution in [0.1, 0.15) is 39.0 Å². The van der Waals surface area contributed by atoms with Crippen molar-refractivity contribution >= 4 is 0 Å². The minimum Gasteiger partial charge on any atom is -0.487 e. The zero-order chi connectivity index (χ0) is 15.0. The molecule has 112 valence electrons. The molecule has 2 heterocycles. The number of hydrogen-bond donors (Lipinski definition) is 1. The van der Waals surface area contributed by atoms with Gasteiger partial charge in [0.15, 0.2) is 0 Å². The summed E-state index contributed by atoms with van der Waals surface area (Å²) < 4.78 is 11.6. The fourth-order valence-electron chi connectivity index (χ4n) is 2.81. The van der Waals surface area contributed by atoms with Crippen molar-refractivity contribution in [2.75, 3.05) is 0 Å². The maximum absolute atomic E-state index is 5.94. The molecule has 0 aliphatic carbocycles. The summed E-state index contributed by atoms with van der Waals surface area (Å²) in [4.78, 5) is 0. The molecule has 1 aromatic heterocycles. The molecule has 0 saturated heterocycles. The Morgan fingerprint density at radius 2 is 2.05 bits per heavy atom. The highest BCUT2D eigenvalue weighted by molar-refractivity contribution is 5.68. The molecule has 1 aromatic carbocycles. The van der Waals surface area contributed by atoms with Gasteiger partial charge in [-0.15, -0.1) is 0 Å². The van der Waals surface area contributed by atoms with Gasteiger partial charge < -0.3 is 14.5 Å². The number of hydrogen-bond acceptors (Lipinski definition) is 3. The van der Waals surface area contributed by atoms with Crippen LogP contribution >= 0.6 is 0 Å². The molecule has 0 atom stereocenters. The molecule has 0 saturated carbocycles. The summed E-state index contributed by atoms with van der Waals surface area (Å²) in [6.07, 6.45) is 2.72. The van der Waals surface area contributed by atoms with Crippen LogP contribution in [-0.4, -0.2) is 11.6 Å². The van der Waals surface area contributed by atoms with Crippen molar-refractivity contribution < 1.29 is 9.15 Å². The van der Waals surface area contributed by atoms with E-state index in [-0.39, 0.29) is 5.60 Å². The second-order valence-corrected chi connectivity index (χ2v) is 6.65. The standard InChI is InChI=1S/C18H23NO2/c1-12(2)19-11-17-15(7-8-20-17)13-5-6-16-14(9-13)10-18(3,4)21-16/h5-9,12,19H,10-11H2,1-4H3. The van der Waals surface area contributed by atoms with E-state index in [1.165, 1.54) is 11.1 Å².